The summed E-state index contributed by atoms with van der Waals surface area (Å²) in [6.45, 7) is 4.85. The highest BCUT2D eigenvalue weighted by Crippen LogP contribution is 2.09. The molecule has 1 amide bonds. The maximum absolute atomic E-state index is 12.3. The van der Waals surface area contributed by atoms with Crippen LogP contribution in [0.5, 0.6) is 0 Å². The molecule has 2 aromatic rings. The molecule has 0 N–H and O–H groups in total. The van der Waals surface area contributed by atoms with Crippen molar-refractivity contribution in [3.63, 3.8) is 0 Å². The van der Waals surface area contributed by atoms with E-state index in [4.69, 9.17) is 0 Å². The number of carbonyl (C=O) groups excluding carboxylic acids is 1. The summed E-state index contributed by atoms with van der Waals surface area (Å²) in [6.07, 6.45) is 1.19. The summed E-state index contributed by atoms with van der Waals surface area (Å²) in [4.78, 5) is 27.3. The number of benzene rings is 1. The second-order valence-corrected chi connectivity index (χ2v) is 4.90. The lowest BCUT2D eigenvalue weighted by Gasteiger charge is -2.20. The minimum absolute atomic E-state index is 0.0690. The van der Waals surface area contributed by atoms with Crippen molar-refractivity contribution in [3.05, 3.63) is 51.8 Å². The molecule has 0 aliphatic rings. The third-order valence-electron chi connectivity index (χ3n) is 3.18. The molecule has 1 aromatic carbocycles. The van der Waals surface area contributed by atoms with Gasteiger partial charge in [-0.2, -0.15) is 4.68 Å². The summed E-state index contributed by atoms with van der Waals surface area (Å²) in [6, 6.07) is 7.93. The van der Waals surface area contributed by atoms with Crippen LogP contribution in [0.3, 0.4) is 0 Å². The molecule has 0 radical (unpaired) electrons. The fourth-order valence-corrected chi connectivity index (χ4v) is 2.09. The number of aromatic nitrogens is 3. The Morgan fingerprint density at radius 2 is 2.23 bits per heavy atom. The molecule has 116 valence electrons. The van der Waals surface area contributed by atoms with Gasteiger partial charge in [-0.05, 0) is 24.3 Å². The minimum Gasteiger partial charge on any atom is -0.390 e. The molecule has 0 unspecified atom stereocenters. The quantitative estimate of drug-likeness (QED) is 0.596. The van der Waals surface area contributed by atoms with Gasteiger partial charge in [0.05, 0.1) is 0 Å². The number of nitro groups is 1. The van der Waals surface area contributed by atoms with E-state index in [0.29, 0.717) is 13.1 Å². The minimum atomic E-state index is -0.689. The van der Waals surface area contributed by atoms with Crippen LogP contribution in [0.4, 0.5) is 5.95 Å². The van der Waals surface area contributed by atoms with Gasteiger partial charge < -0.3 is 15.0 Å². The number of hydrogen-bond acceptors (Lipinski definition) is 5. The van der Waals surface area contributed by atoms with E-state index < -0.39 is 10.9 Å². The molecule has 1 aromatic heterocycles. The molecule has 8 nitrogen and oxygen atoms in total. The van der Waals surface area contributed by atoms with Crippen LogP contribution in [0.1, 0.15) is 18.1 Å². The lowest BCUT2D eigenvalue weighted by atomic mass is 10.1. The number of rotatable bonds is 6. The second-order valence-electron chi connectivity index (χ2n) is 4.90. The maximum Gasteiger partial charge on any atom is 0.490 e. The average Bonchev–Trinajstić information content (AvgIpc) is 2.93. The molecule has 0 saturated carbocycles. The van der Waals surface area contributed by atoms with Crippen molar-refractivity contribution in [2.75, 3.05) is 6.54 Å². The molecule has 0 bridgehead atoms. The summed E-state index contributed by atoms with van der Waals surface area (Å²) < 4.78 is 1.18. The van der Waals surface area contributed by atoms with E-state index in [1.54, 1.807) is 4.90 Å². The molecular formula is C14H17N5O3. The van der Waals surface area contributed by atoms with Crippen LogP contribution in [0, 0.1) is 17.0 Å². The molecule has 0 fully saturated rings. The van der Waals surface area contributed by atoms with Gasteiger partial charge in [0.1, 0.15) is 6.54 Å². The SMILES string of the molecule is CCN(Cc1cccc(C)c1)C(=O)Cn1cnc([N+](=O)[O-])n1. The van der Waals surface area contributed by atoms with Crippen molar-refractivity contribution >= 4 is 11.9 Å². The highest BCUT2D eigenvalue weighted by Gasteiger charge is 2.18. The van der Waals surface area contributed by atoms with Crippen molar-refractivity contribution in [2.45, 2.75) is 26.9 Å². The van der Waals surface area contributed by atoms with Crippen molar-refractivity contribution in [1.29, 1.82) is 0 Å². The van der Waals surface area contributed by atoms with Crippen molar-refractivity contribution in [1.82, 2.24) is 19.7 Å². The van der Waals surface area contributed by atoms with Crippen LogP contribution in [-0.2, 0) is 17.9 Å². The summed E-state index contributed by atoms with van der Waals surface area (Å²) in [7, 11) is 0. The van der Waals surface area contributed by atoms with Gasteiger partial charge in [-0.15, -0.1) is 0 Å². The zero-order valence-electron chi connectivity index (χ0n) is 12.5. The molecule has 1 heterocycles. The zero-order chi connectivity index (χ0) is 16.1. The molecule has 2 rings (SSSR count). The van der Waals surface area contributed by atoms with Crippen molar-refractivity contribution < 1.29 is 9.72 Å². The highest BCUT2D eigenvalue weighted by atomic mass is 16.6. The summed E-state index contributed by atoms with van der Waals surface area (Å²) in [5.74, 6) is -0.668. The van der Waals surface area contributed by atoms with Crippen LogP contribution >= 0.6 is 0 Å². The first-order valence-electron chi connectivity index (χ1n) is 6.86. The Balaban J connectivity index is 2.03. The molecule has 0 spiro atoms. The molecule has 8 heteroatoms. The molecule has 0 aliphatic heterocycles. The smallest absolute Gasteiger partial charge is 0.390 e. The van der Waals surface area contributed by atoms with E-state index in [1.165, 1.54) is 11.0 Å². The maximum atomic E-state index is 12.3. The van der Waals surface area contributed by atoms with Crippen molar-refractivity contribution in [2.24, 2.45) is 0 Å². The van der Waals surface area contributed by atoms with E-state index in [1.807, 2.05) is 38.1 Å². The Bertz CT molecular complexity index is 683. The Labute approximate surface area is 127 Å². The Kier molecular flexibility index (Phi) is 4.82. The van der Waals surface area contributed by atoms with Crippen molar-refractivity contribution in [3.8, 4) is 0 Å². The molecule has 22 heavy (non-hydrogen) atoms. The van der Waals surface area contributed by atoms with Gasteiger partial charge in [-0.1, -0.05) is 34.8 Å². The number of amides is 1. The largest absolute Gasteiger partial charge is 0.490 e. The average molecular weight is 303 g/mol. The lowest BCUT2D eigenvalue weighted by Crippen LogP contribution is -2.33. The van der Waals surface area contributed by atoms with Crippen LogP contribution in [0.2, 0.25) is 0 Å². The first-order chi connectivity index (χ1) is 10.5. The van der Waals surface area contributed by atoms with Gasteiger partial charge in [-0.3, -0.25) is 4.79 Å². The summed E-state index contributed by atoms with van der Waals surface area (Å²) in [5.41, 5.74) is 2.17. The first-order valence-corrected chi connectivity index (χ1v) is 6.86. The lowest BCUT2D eigenvalue weighted by molar-refractivity contribution is -0.394. The second kappa shape index (κ2) is 6.79. The third kappa shape index (κ3) is 3.87. The van der Waals surface area contributed by atoms with Gasteiger partial charge in [-0.25, -0.2) is 0 Å². The molecular weight excluding hydrogens is 286 g/mol. The van der Waals surface area contributed by atoms with E-state index in [9.17, 15) is 14.9 Å². The normalized spacial score (nSPS) is 10.5. The van der Waals surface area contributed by atoms with Gasteiger partial charge in [0.15, 0.2) is 0 Å². The Morgan fingerprint density at radius 1 is 1.45 bits per heavy atom. The standard InChI is InChI=1S/C14H17N5O3/c1-3-17(8-12-6-4-5-11(2)7-12)13(20)9-18-10-15-14(16-18)19(21)22/h4-7,10H,3,8-9H2,1-2H3. The van der Waals surface area contributed by atoms with Crippen LogP contribution in [0.15, 0.2) is 30.6 Å². The van der Waals surface area contributed by atoms with Crippen LogP contribution in [-0.4, -0.2) is 37.0 Å². The van der Waals surface area contributed by atoms with E-state index >= 15 is 0 Å². The van der Waals surface area contributed by atoms with Crippen LogP contribution < -0.4 is 0 Å². The molecule has 0 saturated heterocycles. The first kappa shape index (κ1) is 15.6. The highest BCUT2D eigenvalue weighted by molar-refractivity contribution is 5.75. The van der Waals surface area contributed by atoms with E-state index in [-0.39, 0.29) is 12.5 Å². The topological polar surface area (TPSA) is 94.2 Å². The number of aryl methyl sites for hydroxylation is 1. The summed E-state index contributed by atoms with van der Waals surface area (Å²) in [5, 5.41) is 14.2. The summed E-state index contributed by atoms with van der Waals surface area (Å²) >= 11 is 0. The number of likely N-dealkylation sites (N-methyl/N-ethyl adjacent to an activating group) is 1. The molecule has 0 atom stereocenters. The molecule has 0 aliphatic carbocycles. The van der Waals surface area contributed by atoms with Gasteiger partial charge in [0.25, 0.3) is 0 Å². The number of carbonyl (C=O) groups is 1. The monoisotopic (exact) mass is 303 g/mol. The third-order valence-corrected chi connectivity index (χ3v) is 3.18. The zero-order valence-corrected chi connectivity index (χ0v) is 12.5. The Hall–Kier alpha value is -2.77. The van der Waals surface area contributed by atoms with Gasteiger partial charge >= 0.3 is 5.95 Å². The number of hydrogen-bond donors (Lipinski definition) is 0. The predicted molar refractivity (Wildman–Crippen MR) is 78.9 cm³/mol. The Morgan fingerprint density at radius 3 is 2.82 bits per heavy atom. The predicted octanol–water partition coefficient (Wildman–Crippen LogP) is 1.54. The fourth-order valence-electron chi connectivity index (χ4n) is 2.09. The van der Waals surface area contributed by atoms with E-state index in [2.05, 4.69) is 10.1 Å². The van der Waals surface area contributed by atoms with Gasteiger partial charge in [0.2, 0.25) is 12.2 Å². The van der Waals surface area contributed by atoms with Crippen LogP contribution in [0.25, 0.3) is 0 Å². The van der Waals surface area contributed by atoms with E-state index in [0.717, 1.165) is 11.1 Å². The fraction of sp³-hybridized carbons (Fsp3) is 0.357. The van der Waals surface area contributed by atoms with Gasteiger partial charge in [0, 0.05) is 18.2 Å². The number of nitrogens with zero attached hydrogens (tertiary/aromatic N) is 5.